The van der Waals surface area contributed by atoms with Crippen molar-refractivity contribution in [3.8, 4) is 17.2 Å². The van der Waals surface area contributed by atoms with Crippen molar-refractivity contribution in [3.05, 3.63) is 12.1 Å². The lowest BCUT2D eigenvalue weighted by molar-refractivity contribution is 0.288. The highest BCUT2D eigenvalue weighted by molar-refractivity contribution is 5.62. The van der Waals surface area contributed by atoms with Gasteiger partial charge < -0.3 is 19.5 Å². The number of hydrogen-bond donors (Lipinski definition) is 1. The van der Waals surface area contributed by atoms with Crippen molar-refractivity contribution in [2.75, 3.05) is 32.7 Å². The van der Waals surface area contributed by atoms with Crippen molar-refractivity contribution in [1.82, 2.24) is 0 Å². The molecule has 0 aliphatic carbocycles. The first-order chi connectivity index (χ1) is 7.76. The van der Waals surface area contributed by atoms with Crippen LogP contribution >= 0.6 is 0 Å². The van der Waals surface area contributed by atoms with Crippen LogP contribution in [0.4, 0.5) is 5.69 Å². The van der Waals surface area contributed by atoms with E-state index in [4.69, 9.17) is 14.2 Å². The SMILES string of the molecule is CCNc1cc(OC)c(OCC)c(OC)c1. The van der Waals surface area contributed by atoms with Gasteiger partial charge >= 0.3 is 0 Å². The van der Waals surface area contributed by atoms with Gasteiger partial charge in [-0.25, -0.2) is 0 Å². The number of anilines is 1. The molecule has 1 aromatic carbocycles. The summed E-state index contributed by atoms with van der Waals surface area (Å²) in [5, 5.41) is 3.21. The summed E-state index contributed by atoms with van der Waals surface area (Å²) in [5.74, 6) is 2.00. The summed E-state index contributed by atoms with van der Waals surface area (Å²) in [5.41, 5.74) is 0.958. The monoisotopic (exact) mass is 225 g/mol. The maximum atomic E-state index is 5.51. The minimum absolute atomic E-state index is 0.577. The Morgan fingerprint density at radius 2 is 1.62 bits per heavy atom. The second-order valence-electron chi connectivity index (χ2n) is 3.17. The second kappa shape index (κ2) is 6.10. The summed E-state index contributed by atoms with van der Waals surface area (Å²) in [4.78, 5) is 0. The van der Waals surface area contributed by atoms with Gasteiger partial charge in [-0.1, -0.05) is 0 Å². The molecule has 0 aliphatic heterocycles. The standard InChI is InChI=1S/C12H19NO3/c1-5-13-9-7-10(14-3)12(16-6-2)11(8-9)15-4/h7-8,13H,5-6H2,1-4H3. The lowest BCUT2D eigenvalue weighted by Crippen LogP contribution is -2.02. The fraction of sp³-hybridized carbons (Fsp3) is 0.500. The number of hydrogen-bond acceptors (Lipinski definition) is 4. The van der Waals surface area contributed by atoms with E-state index in [1.54, 1.807) is 14.2 Å². The van der Waals surface area contributed by atoms with Gasteiger partial charge in [0.05, 0.1) is 20.8 Å². The molecule has 0 radical (unpaired) electrons. The molecule has 0 unspecified atom stereocenters. The summed E-state index contributed by atoms with van der Waals surface area (Å²) in [6.45, 7) is 5.39. The molecule has 4 nitrogen and oxygen atoms in total. The lowest BCUT2D eigenvalue weighted by atomic mass is 10.2. The van der Waals surface area contributed by atoms with Crippen LogP contribution in [0, 0.1) is 0 Å². The molecular weight excluding hydrogens is 206 g/mol. The van der Waals surface area contributed by atoms with Gasteiger partial charge in [0, 0.05) is 24.4 Å². The van der Waals surface area contributed by atoms with Crippen molar-refractivity contribution < 1.29 is 14.2 Å². The quantitative estimate of drug-likeness (QED) is 0.807. The highest BCUT2D eigenvalue weighted by Gasteiger charge is 2.13. The van der Waals surface area contributed by atoms with Gasteiger partial charge in [-0.05, 0) is 13.8 Å². The van der Waals surface area contributed by atoms with Gasteiger partial charge in [-0.2, -0.15) is 0 Å². The first-order valence-electron chi connectivity index (χ1n) is 5.39. The number of ether oxygens (including phenoxy) is 3. The molecule has 0 saturated heterocycles. The molecule has 0 amide bonds. The Bertz CT molecular complexity index is 314. The van der Waals surface area contributed by atoms with E-state index in [0.29, 0.717) is 23.9 Å². The van der Waals surface area contributed by atoms with Crippen molar-refractivity contribution in [2.24, 2.45) is 0 Å². The van der Waals surface area contributed by atoms with Crippen LogP contribution in [-0.4, -0.2) is 27.4 Å². The van der Waals surface area contributed by atoms with Gasteiger partial charge in [0.15, 0.2) is 11.5 Å². The maximum absolute atomic E-state index is 5.51. The molecule has 0 aromatic heterocycles. The van der Waals surface area contributed by atoms with Crippen molar-refractivity contribution in [1.29, 1.82) is 0 Å². The zero-order valence-electron chi connectivity index (χ0n) is 10.3. The van der Waals surface area contributed by atoms with E-state index in [-0.39, 0.29) is 0 Å². The van der Waals surface area contributed by atoms with Crippen LogP contribution in [0.25, 0.3) is 0 Å². The summed E-state index contributed by atoms with van der Waals surface area (Å²) >= 11 is 0. The Morgan fingerprint density at radius 3 is 2.00 bits per heavy atom. The van der Waals surface area contributed by atoms with Gasteiger partial charge in [-0.15, -0.1) is 0 Å². The van der Waals surface area contributed by atoms with Crippen LogP contribution < -0.4 is 19.5 Å². The fourth-order valence-corrected chi connectivity index (χ4v) is 1.47. The number of rotatable bonds is 6. The van der Waals surface area contributed by atoms with Crippen LogP contribution in [0.5, 0.6) is 17.2 Å². The first kappa shape index (κ1) is 12.5. The summed E-state index contributed by atoms with van der Waals surface area (Å²) in [6, 6.07) is 3.80. The van der Waals surface area contributed by atoms with E-state index in [0.717, 1.165) is 12.2 Å². The third-order valence-electron chi connectivity index (χ3n) is 2.13. The molecule has 0 atom stereocenters. The van der Waals surface area contributed by atoms with Crippen LogP contribution in [0.15, 0.2) is 12.1 Å². The van der Waals surface area contributed by atoms with Gasteiger partial charge in [0.25, 0.3) is 0 Å². The second-order valence-corrected chi connectivity index (χ2v) is 3.17. The van der Waals surface area contributed by atoms with E-state index in [1.165, 1.54) is 0 Å². The molecule has 0 aliphatic rings. The molecule has 0 saturated carbocycles. The lowest BCUT2D eigenvalue weighted by Gasteiger charge is -2.15. The smallest absolute Gasteiger partial charge is 0.203 e. The largest absolute Gasteiger partial charge is 0.493 e. The minimum Gasteiger partial charge on any atom is -0.493 e. The third kappa shape index (κ3) is 2.72. The van der Waals surface area contributed by atoms with E-state index in [2.05, 4.69) is 5.32 Å². The molecule has 1 N–H and O–H groups in total. The summed E-state index contributed by atoms with van der Waals surface area (Å²) < 4.78 is 16.1. The zero-order chi connectivity index (χ0) is 12.0. The van der Waals surface area contributed by atoms with Crippen molar-refractivity contribution in [2.45, 2.75) is 13.8 Å². The van der Waals surface area contributed by atoms with Crippen LogP contribution in [0.1, 0.15) is 13.8 Å². The van der Waals surface area contributed by atoms with Crippen molar-refractivity contribution >= 4 is 5.69 Å². The zero-order valence-corrected chi connectivity index (χ0v) is 10.3. The average Bonchev–Trinajstić information content (AvgIpc) is 2.31. The number of methoxy groups -OCH3 is 2. The predicted molar refractivity (Wildman–Crippen MR) is 64.9 cm³/mol. The van der Waals surface area contributed by atoms with Gasteiger partial charge in [0.2, 0.25) is 5.75 Å². The molecule has 0 heterocycles. The Labute approximate surface area is 96.5 Å². The molecule has 1 aromatic rings. The predicted octanol–water partition coefficient (Wildman–Crippen LogP) is 2.53. The first-order valence-corrected chi connectivity index (χ1v) is 5.39. The minimum atomic E-state index is 0.577. The summed E-state index contributed by atoms with van der Waals surface area (Å²) in [6.07, 6.45) is 0. The van der Waals surface area contributed by atoms with Crippen molar-refractivity contribution in [3.63, 3.8) is 0 Å². The normalized spacial score (nSPS) is 9.75. The molecule has 1 rings (SSSR count). The average molecular weight is 225 g/mol. The van der Waals surface area contributed by atoms with Crippen LogP contribution in [0.2, 0.25) is 0 Å². The highest BCUT2D eigenvalue weighted by atomic mass is 16.5. The molecular formula is C12H19NO3. The molecule has 16 heavy (non-hydrogen) atoms. The molecule has 4 heteroatoms. The molecule has 0 spiro atoms. The van der Waals surface area contributed by atoms with E-state index >= 15 is 0 Å². The Morgan fingerprint density at radius 1 is 1.06 bits per heavy atom. The maximum Gasteiger partial charge on any atom is 0.203 e. The molecule has 0 fully saturated rings. The third-order valence-corrected chi connectivity index (χ3v) is 2.13. The van der Waals surface area contributed by atoms with Gasteiger partial charge in [-0.3, -0.25) is 0 Å². The summed E-state index contributed by atoms with van der Waals surface area (Å²) in [7, 11) is 3.24. The van der Waals surface area contributed by atoms with E-state index < -0.39 is 0 Å². The molecule has 90 valence electrons. The Hall–Kier alpha value is -1.58. The Balaban J connectivity index is 3.14. The Kier molecular flexibility index (Phi) is 4.76. The van der Waals surface area contributed by atoms with Crippen LogP contribution in [0.3, 0.4) is 0 Å². The number of nitrogens with one attached hydrogen (secondary N) is 1. The van der Waals surface area contributed by atoms with Crippen LogP contribution in [-0.2, 0) is 0 Å². The van der Waals surface area contributed by atoms with E-state index in [9.17, 15) is 0 Å². The van der Waals surface area contributed by atoms with Gasteiger partial charge in [0.1, 0.15) is 0 Å². The molecule has 0 bridgehead atoms. The highest BCUT2D eigenvalue weighted by Crippen LogP contribution is 2.40. The fourth-order valence-electron chi connectivity index (χ4n) is 1.47. The number of benzene rings is 1. The van der Waals surface area contributed by atoms with E-state index in [1.807, 2.05) is 26.0 Å². The topological polar surface area (TPSA) is 39.7 Å².